The van der Waals surface area contributed by atoms with Crippen molar-refractivity contribution in [2.45, 2.75) is 38.6 Å². The van der Waals surface area contributed by atoms with Gasteiger partial charge in [-0.05, 0) is 75.7 Å². The van der Waals surface area contributed by atoms with Gasteiger partial charge in [-0.25, -0.2) is 4.48 Å². The summed E-state index contributed by atoms with van der Waals surface area (Å²) in [6, 6.07) is 22.1. The minimum Gasteiger partial charge on any atom is -0.508 e. The van der Waals surface area contributed by atoms with Crippen LogP contribution in [0.3, 0.4) is 0 Å². The molecule has 2 heterocycles. The quantitative estimate of drug-likeness (QED) is 0.466. The van der Waals surface area contributed by atoms with E-state index in [1.165, 1.54) is 31.6 Å². The van der Waals surface area contributed by atoms with Crippen molar-refractivity contribution in [1.82, 2.24) is 9.38 Å². The Morgan fingerprint density at radius 3 is 2.18 bits per heavy atom. The summed E-state index contributed by atoms with van der Waals surface area (Å²) in [4.78, 5) is 2.50. The Morgan fingerprint density at radius 2 is 1.48 bits per heavy atom. The molecule has 5 rings (SSSR count). The molecule has 172 valence electrons. The van der Waals surface area contributed by atoms with E-state index in [9.17, 15) is 10.2 Å². The summed E-state index contributed by atoms with van der Waals surface area (Å²) in [7, 11) is 0. The number of aryl methyl sites for hydroxylation is 1. The second kappa shape index (κ2) is 9.08. The van der Waals surface area contributed by atoms with Gasteiger partial charge in [-0.2, -0.15) is 0 Å². The molecule has 0 aromatic heterocycles. The van der Waals surface area contributed by atoms with Crippen molar-refractivity contribution >= 4 is 17.1 Å². The number of hydrogen-bond acceptors (Lipinski definition) is 4. The summed E-state index contributed by atoms with van der Waals surface area (Å²) in [5, 5.41) is 20.0. The van der Waals surface area contributed by atoms with E-state index < -0.39 is 0 Å². The molecule has 1 fully saturated rings. The molecule has 1 saturated heterocycles. The lowest BCUT2D eigenvalue weighted by Gasteiger charge is -2.41. The zero-order valence-electron chi connectivity index (χ0n) is 19.3. The van der Waals surface area contributed by atoms with Crippen molar-refractivity contribution in [3.8, 4) is 17.2 Å². The smallest absolute Gasteiger partial charge is 0.146 e. The number of benzene rings is 3. The fourth-order valence-corrected chi connectivity index (χ4v) is 5.47. The summed E-state index contributed by atoms with van der Waals surface area (Å²) >= 11 is 0. The van der Waals surface area contributed by atoms with E-state index in [2.05, 4.69) is 36.1 Å². The number of phenols is 2. The van der Waals surface area contributed by atoms with E-state index in [0.29, 0.717) is 22.9 Å². The van der Waals surface area contributed by atoms with Gasteiger partial charge < -0.3 is 14.9 Å². The summed E-state index contributed by atoms with van der Waals surface area (Å²) in [5.74, 6) is 1.45. The van der Waals surface area contributed by atoms with Gasteiger partial charge in [0.15, 0.2) is 0 Å². The second-order valence-electron chi connectivity index (χ2n) is 9.36. The molecule has 2 aliphatic rings. The molecule has 33 heavy (non-hydrogen) atoms. The Bertz CT molecular complexity index is 1090. The number of nitrogens with zero attached hydrogens (tertiary/aromatic N) is 2. The van der Waals surface area contributed by atoms with E-state index in [4.69, 9.17) is 4.74 Å². The molecule has 0 bridgehead atoms. The highest BCUT2D eigenvalue weighted by Crippen LogP contribution is 2.49. The fraction of sp³-hybridized carbons (Fsp3) is 0.357. The number of phenolic OH excluding ortho intramolecular Hbond substituents is 2. The number of rotatable bonds is 6. The van der Waals surface area contributed by atoms with Gasteiger partial charge in [0.25, 0.3) is 0 Å². The van der Waals surface area contributed by atoms with Crippen LogP contribution in [0.5, 0.6) is 17.2 Å². The van der Waals surface area contributed by atoms with E-state index >= 15 is 0 Å². The van der Waals surface area contributed by atoms with Gasteiger partial charge in [0.1, 0.15) is 40.9 Å². The molecule has 0 spiro atoms. The van der Waals surface area contributed by atoms with Gasteiger partial charge in [-0.15, -0.1) is 0 Å². The third-order valence-corrected chi connectivity index (χ3v) is 7.24. The van der Waals surface area contributed by atoms with Crippen molar-refractivity contribution in [1.29, 1.82) is 0 Å². The average Bonchev–Trinajstić information content (AvgIpc) is 3.38. The first-order valence-corrected chi connectivity index (χ1v) is 12.0. The van der Waals surface area contributed by atoms with Crippen LogP contribution >= 0.6 is 0 Å². The van der Waals surface area contributed by atoms with E-state index in [1.807, 2.05) is 24.3 Å². The monoisotopic (exact) mass is 445 g/mol. The third-order valence-electron chi connectivity index (χ3n) is 7.24. The van der Waals surface area contributed by atoms with Gasteiger partial charge in [-0.1, -0.05) is 0 Å². The zero-order valence-corrected chi connectivity index (χ0v) is 19.3. The van der Waals surface area contributed by atoms with Crippen LogP contribution in [0.1, 0.15) is 31.7 Å². The van der Waals surface area contributed by atoms with Gasteiger partial charge in [0.05, 0.1) is 6.54 Å². The Balaban J connectivity index is 1.47. The van der Waals surface area contributed by atoms with Crippen molar-refractivity contribution in [3.05, 3.63) is 72.3 Å². The number of likely N-dealkylation sites (tertiary alicyclic amines) is 1. The van der Waals surface area contributed by atoms with Gasteiger partial charge in [-0.3, -0.25) is 4.90 Å². The molecule has 0 radical (unpaired) electrons. The van der Waals surface area contributed by atoms with Crippen LogP contribution < -0.4 is 9.22 Å². The topological polar surface area (TPSA) is 52.9 Å². The molecule has 2 N–H and O–H groups in total. The van der Waals surface area contributed by atoms with Crippen LogP contribution in [-0.2, 0) is 6.42 Å². The maximum absolute atomic E-state index is 10.1. The molecule has 2 aliphatic heterocycles. The minimum absolute atomic E-state index is 0.260. The highest BCUT2D eigenvalue weighted by molar-refractivity contribution is 5.75. The average molecular weight is 446 g/mol. The normalized spacial score (nSPS) is 21.5. The molecule has 2 atom stereocenters. The molecule has 3 aromatic rings. The van der Waals surface area contributed by atoms with E-state index in [0.717, 1.165) is 42.1 Å². The number of hydrogen-bond donors (Lipinski definition) is 2. The Hall–Kier alpha value is -3.02. The molecule has 5 nitrogen and oxygen atoms in total. The highest BCUT2D eigenvalue weighted by atomic mass is 16.5. The number of quaternary nitrogens is 1. The van der Waals surface area contributed by atoms with Crippen LogP contribution in [0, 0.1) is 0 Å². The van der Waals surface area contributed by atoms with Crippen LogP contribution in [0.2, 0.25) is 0 Å². The van der Waals surface area contributed by atoms with Crippen LogP contribution in [0.15, 0.2) is 66.7 Å². The maximum atomic E-state index is 10.1. The molecule has 3 aromatic carbocycles. The van der Waals surface area contributed by atoms with Crippen molar-refractivity contribution in [2.75, 3.05) is 26.2 Å². The summed E-state index contributed by atoms with van der Waals surface area (Å²) < 4.78 is 6.70. The highest BCUT2D eigenvalue weighted by Gasteiger charge is 2.40. The predicted octanol–water partition coefficient (Wildman–Crippen LogP) is 5.88. The fourth-order valence-electron chi connectivity index (χ4n) is 5.47. The SMILES string of the molecule is CC(COc1ccc([N+]2(c3ccc(O)cc3)CCCc3cc(O)ccc32)cc1)N1CCCC1. The van der Waals surface area contributed by atoms with E-state index in [1.54, 1.807) is 18.2 Å². The zero-order chi connectivity index (χ0) is 22.8. The largest absolute Gasteiger partial charge is 0.508 e. The standard InChI is InChI=1S/C28H32N2O3/c1-21(29-16-2-3-17-29)20-33-27-13-8-24(9-14-27)30(23-6-10-25(31)11-7-23)18-4-5-22-19-26(32)12-15-28(22)30/h6-15,19,21H,2-5,16-18,20H2,1H3,(H-,31,32)/p+1. The van der Waals surface area contributed by atoms with Crippen molar-refractivity contribution in [2.24, 2.45) is 0 Å². The second-order valence-corrected chi connectivity index (χ2v) is 9.36. The molecular weight excluding hydrogens is 412 g/mol. The van der Waals surface area contributed by atoms with Crippen LogP contribution in [0.4, 0.5) is 17.1 Å². The lowest BCUT2D eigenvalue weighted by molar-refractivity contribution is 0.172. The first-order chi connectivity index (χ1) is 16.1. The first-order valence-electron chi connectivity index (χ1n) is 12.0. The molecule has 5 heteroatoms. The van der Waals surface area contributed by atoms with Gasteiger partial charge in [0, 0.05) is 48.4 Å². The summed E-state index contributed by atoms with van der Waals surface area (Å²) in [6.07, 6.45) is 4.52. The predicted molar refractivity (Wildman–Crippen MR) is 133 cm³/mol. The van der Waals surface area contributed by atoms with Crippen LogP contribution in [0.25, 0.3) is 0 Å². The molecular formula is C28H33N2O3+. The third kappa shape index (κ3) is 4.19. The van der Waals surface area contributed by atoms with E-state index in [-0.39, 0.29) is 5.75 Å². The first kappa shape index (κ1) is 21.8. The van der Waals surface area contributed by atoms with Gasteiger partial charge >= 0.3 is 0 Å². The van der Waals surface area contributed by atoms with Crippen molar-refractivity contribution < 1.29 is 14.9 Å². The Kier molecular flexibility index (Phi) is 6.00. The number of ether oxygens (including phenoxy) is 1. The maximum Gasteiger partial charge on any atom is 0.146 e. The van der Waals surface area contributed by atoms with Crippen LogP contribution in [-0.4, -0.2) is 47.4 Å². The lowest BCUT2D eigenvalue weighted by Crippen LogP contribution is -2.43. The summed E-state index contributed by atoms with van der Waals surface area (Å²) in [5.41, 5.74) is 4.57. The van der Waals surface area contributed by atoms with Crippen molar-refractivity contribution in [3.63, 3.8) is 0 Å². The Labute approximate surface area is 196 Å². The lowest BCUT2D eigenvalue weighted by atomic mass is 9.95. The Morgan fingerprint density at radius 1 is 0.848 bits per heavy atom. The molecule has 0 aliphatic carbocycles. The molecule has 0 amide bonds. The summed E-state index contributed by atoms with van der Waals surface area (Å²) in [6.45, 7) is 6.19. The van der Waals surface area contributed by atoms with Gasteiger partial charge in [0.2, 0.25) is 0 Å². The molecule has 0 saturated carbocycles. The minimum atomic E-state index is 0.260. The number of fused-ring (bicyclic) bond motifs is 1. The molecule has 2 unspecified atom stereocenters. The number of aromatic hydroxyl groups is 2.